The molecule has 3 heterocycles. The Morgan fingerprint density at radius 3 is 2.44 bits per heavy atom. The molecule has 0 amide bonds. The highest BCUT2D eigenvalue weighted by Crippen LogP contribution is 2.63. The van der Waals surface area contributed by atoms with E-state index in [-0.39, 0.29) is 52.2 Å². The largest absolute Gasteiger partial charge is 0.507 e. The second kappa shape index (κ2) is 7.87. The molecule has 39 heavy (non-hydrogen) atoms. The molecule has 198 valence electrons. The van der Waals surface area contributed by atoms with E-state index in [0.29, 0.717) is 18.4 Å². The maximum absolute atomic E-state index is 13.9. The van der Waals surface area contributed by atoms with Gasteiger partial charge < -0.3 is 24.8 Å². The van der Waals surface area contributed by atoms with Gasteiger partial charge in [-0.15, -0.1) is 0 Å². The molecule has 11 nitrogen and oxygen atoms in total. The Balaban J connectivity index is 1.50. The van der Waals surface area contributed by atoms with Crippen LogP contribution in [0.1, 0.15) is 78.2 Å². The number of aromatic hydroxyl groups is 3. The Morgan fingerprint density at radius 1 is 0.872 bits per heavy atom. The van der Waals surface area contributed by atoms with Crippen LogP contribution in [0.15, 0.2) is 42.5 Å². The molecule has 0 bridgehead atoms. The Labute approximate surface area is 219 Å². The standard InChI is InChI=1S/C28H20O11/c29-16-5-1-3-13-19(16)25(33)20-14(24(13)32)11-18(31)21-23(20)28(38-26(21)34)22-15(4-2-6-17(22)30)27(39-28)9-7-12(37-27)8-10-36-35/h1-6,11-12,29-31,35H,7-10H2. The third kappa shape index (κ3) is 2.92. The average Bonchev–Trinajstić information content (AvgIpc) is 3.54. The number of rotatable bonds is 3. The first-order valence-corrected chi connectivity index (χ1v) is 12.2. The molecule has 1 fully saturated rings. The van der Waals surface area contributed by atoms with Crippen LogP contribution in [-0.2, 0) is 30.7 Å². The van der Waals surface area contributed by atoms with Crippen LogP contribution >= 0.6 is 0 Å². The van der Waals surface area contributed by atoms with Crippen LogP contribution in [0.25, 0.3) is 0 Å². The minimum atomic E-state index is -2.25. The highest BCUT2D eigenvalue weighted by atomic mass is 17.1. The second-order valence-electron chi connectivity index (χ2n) is 9.89. The predicted octanol–water partition coefficient (Wildman–Crippen LogP) is 3.19. The summed E-state index contributed by atoms with van der Waals surface area (Å²) in [6.45, 7) is -0.00248. The molecule has 7 rings (SSSR count). The van der Waals surface area contributed by atoms with Gasteiger partial charge in [0.1, 0.15) is 22.8 Å². The van der Waals surface area contributed by atoms with Crippen LogP contribution in [0.2, 0.25) is 0 Å². The number of phenols is 3. The molecule has 3 atom stereocenters. The van der Waals surface area contributed by atoms with Crippen LogP contribution in [0, 0.1) is 0 Å². The first kappa shape index (κ1) is 23.8. The van der Waals surface area contributed by atoms with Gasteiger partial charge in [0.2, 0.25) is 5.79 Å². The fourth-order valence-electron chi connectivity index (χ4n) is 6.28. The number of ketones is 2. The van der Waals surface area contributed by atoms with E-state index in [2.05, 4.69) is 4.89 Å². The van der Waals surface area contributed by atoms with Crippen LogP contribution < -0.4 is 0 Å². The van der Waals surface area contributed by atoms with Crippen LogP contribution in [0.4, 0.5) is 0 Å². The number of carbonyl (C=O) groups excluding carboxylic acids is 3. The number of benzene rings is 3. The molecular formula is C28H20O11. The van der Waals surface area contributed by atoms with E-state index in [9.17, 15) is 29.7 Å². The number of carbonyl (C=O) groups is 3. The Morgan fingerprint density at radius 2 is 1.64 bits per heavy atom. The van der Waals surface area contributed by atoms with Crippen molar-refractivity contribution in [1.29, 1.82) is 0 Å². The van der Waals surface area contributed by atoms with Gasteiger partial charge in [-0.3, -0.25) is 19.6 Å². The van der Waals surface area contributed by atoms with Crippen LogP contribution in [0.5, 0.6) is 17.2 Å². The quantitative estimate of drug-likeness (QED) is 0.174. The fourth-order valence-corrected chi connectivity index (χ4v) is 6.28. The molecule has 2 spiro atoms. The molecule has 4 aliphatic rings. The van der Waals surface area contributed by atoms with Gasteiger partial charge in [0.15, 0.2) is 11.6 Å². The molecule has 3 aromatic rings. The lowest BCUT2D eigenvalue weighted by molar-refractivity contribution is -0.317. The lowest BCUT2D eigenvalue weighted by atomic mass is 9.77. The lowest BCUT2D eigenvalue weighted by Gasteiger charge is -2.31. The van der Waals surface area contributed by atoms with Gasteiger partial charge in [-0.1, -0.05) is 24.3 Å². The SMILES string of the molecule is O=C1c2cccc(O)c2C(=O)c2c1cc(O)c1c2C2(OC1=O)OC1(CCC(CCOO)O1)c1cccc(O)c12. The zero-order valence-electron chi connectivity index (χ0n) is 20.1. The average molecular weight is 532 g/mol. The fraction of sp³-hybridized carbons (Fsp3) is 0.250. The Bertz CT molecular complexity index is 1640. The molecule has 3 aliphatic heterocycles. The molecule has 4 N–H and O–H groups in total. The number of ether oxygens (including phenoxy) is 3. The van der Waals surface area contributed by atoms with Crippen molar-refractivity contribution < 1.29 is 54.1 Å². The molecule has 11 heteroatoms. The summed E-state index contributed by atoms with van der Waals surface area (Å²) in [5, 5.41) is 41.3. The molecule has 1 saturated heterocycles. The van der Waals surface area contributed by atoms with E-state index in [1.807, 2.05) is 0 Å². The number of hydrogen-bond donors (Lipinski definition) is 4. The zero-order chi connectivity index (χ0) is 27.3. The second-order valence-corrected chi connectivity index (χ2v) is 9.89. The van der Waals surface area contributed by atoms with Gasteiger partial charge in [-0.05, 0) is 24.6 Å². The normalized spacial score (nSPS) is 26.1. The predicted molar refractivity (Wildman–Crippen MR) is 127 cm³/mol. The molecule has 3 aromatic carbocycles. The monoisotopic (exact) mass is 532 g/mol. The zero-order valence-corrected chi connectivity index (χ0v) is 20.1. The van der Waals surface area contributed by atoms with E-state index < -0.39 is 52.3 Å². The summed E-state index contributed by atoms with van der Waals surface area (Å²) >= 11 is 0. The van der Waals surface area contributed by atoms with Gasteiger partial charge in [0.25, 0.3) is 5.79 Å². The first-order valence-electron chi connectivity index (χ1n) is 12.2. The minimum Gasteiger partial charge on any atom is -0.507 e. The highest BCUT2D eigenvalue weighted by molar-refractivity contribution is 6.31. The summed E-state index contributed by atoms with van der Waals surface area (Å²) in [7, 11) is 0. The lowest BCUT2D eigenvalue weighted by Crippen LogP contribution is -2.36. The van der Waals surface area contributed by atoms with Crippen molar-refractivity contribution in [2.24, 2.45) is 0 Å². The summed E-state index contributed by atoms with van der Waals surface area (Å²) in [4.78, 5) is 44.9. The van der Waals surface area contributed by atoms with E-state index in [0.717, 1.165) is 6.07 Å². The maximum atomic E-state index is 13.9. The minimum absolute atomic E-state index is 0.00248. The van der Waals surface area contributed by atoms with Crippen molar-refractivity contribution >= 4 is 17.5 Å². The van der Waals surface area contributed by atoms with E-state index in [1.54, 1.807) is 12.1 Å². The van der Waals surface area contributed by atoms with Crippen molar-refractivity contribution in [3.63, 3.8) is 0 Å². The van der Waals surface area contributed by atoms with Gasteiger partial charge in [-0.2, -0.15) is 0 Å². The molecular weight excluding hydrogens is 512 g/mol. The molecule has 0 aromatic heterocycles. The number of esters is 1. The van der Waals surface area contributed by atoms with Gasteiger partial charge in [-0.25, -0.2) is 9.68 Å². The summed E-state index contributed by atoms with van der Waals surface area (Å²) in [6.07, 6.45) is 0.611. The molecule has 3 unspecified atom stereocenters. The molecule has 0 radical (unpaired) electrons. The maximum Gasteiger partial charge on any atom is 0.345 e. The number of hydrogen-bond acceptors (Lipinski definition) is 11. The highest BCUT2D eigenvalue weighted by Gasteiger charge is 2.66. The Kier molecular flexibility index (Phi) is 4.80. The van der Waals surface area contributed by atoms with E-state index in [4.69, 9.17) is 19.5 Å². The number of phenolic OH excluding ortho intramolecular Hbond substituents is 3. The van der Waals surface area contributed by atoms with E-state index in [1.165, 1.54) is 24.3 Å². The number of fused-ring (bicyclic) bond motifs is 8. The Hall–Kier alpha value is -4.29. The summed E-state index contributed by atoms with van der Waals surface area (Å²) in [5.41, 5.74) is -1.14. The summed E-state index contributed by atoms with van der Waals surface area (Å²) in [5.74, 6) is -7.63. The third-order valence-corrected chi connectivity index (χ3v) is 7.84. The first-order chi connectivity index (χ1) is 18.7. The van der Waals surface area contributed by atoms with Gasteiger partial charge >= 0.3 is 5.97 Å². The molecule has 0 saturated carbocycles. The van der Waals surface area contributed by atoms with Gasteiger partial charge in [0, 0.05) is 35.1 Å². The van der Waals surface area contributed by atoms with E-state index >= 15 is 0 Å². The van der Waals surface area contributed by atoms with Crippen molar-refractivity contribution in [2.45, 2.75) is 36.9 Å². The van der Waals surface area contributed by atoms with Crippen molar-refractivity contribution in [1.82, 2.24) is 0 Å². The van der Waals surface area contributed by atoms with Crippen molar-refractivity contribution in [3.05, 3.63) is 87.0 Å². The smallest absolute Gasteiger partial charge is 0.345 e. The van der Waals surface area contributed by atoms with Crippen molar-refractivity contribution in [3.8, 4) is 17.2 Å². The topological polar surface area (TPSA) is 169 Å². The van der Waals surface area contributed by atoms with Crippen LogP contribution in [-0.4, -0.2) is 50.8 Å². The summed E-state index contributed by atoms with van der Waals surface area (Å²) in [6, 6.07) is 9.62. The van der Waals surface area contributed by atoms with Gasteiger partial charge in [0.05, 0.1) is 29.4 Å². The summed E-state index contributed by atoms with van der Waals surface area (Å²) < 4.78 is 18.5. The molecule has 1 aliphatic carbocycles. The van der Waals surface area contributed by atoms with Crippen molar-refractivity contribution in [2.75, 3.05) is 6.61 Å². The third-order valence-electron chi connectivity index (χ3n) is 7.84. The van der Waals surface area contributed by atoms with Crippen LogP contribution in [0.3, 0.4) is 0 Å².